The number of oxazole rings is 1. The summed E-state index contributed by atoms with van der Waals surface area (Å²) >= 11 is 0. The summed E-state index contributed by atoms with van der Waals surface area (Å²) in [6.07, 6.45) is 4.24. The zero-order valence-electron chi connectivity index (χ0n) is 17.5. The van der Waals surface area contributed by atoms with E-state index < -0.39 is 0 Å². The highest BCUT2D eigenvalue weighted by molar-refractivity contribution is 5.79. The quantitative estimate of drug-likeness (QED) is 0.433. The first kappa shape index (κ1) is 20.0. The minimum Gasteiger partial charge on any atom is -0.493 e. The fourth-order valence-electron chi connectivity index (χ4n) is 3.11. The Balaban J connectivity index is 1.32. The number of ether oxygens (including phenoxy) is 1. The Morgan fingerprint density at radius 1 is 1.13 bits per heavy atom. The maximum atomic E-state index is 6.06. The maximum Gasteiger partial charge on any atom is 0.226 e. The summed E-state index contributed by atoms with van der Waals surface area (Å²) in [6.45, 7) is 4.05. The van der Waals surface area contributed by atoms with Gasteiger partial charge in [-0.2, -0.15) is 0 Å². The molecule has 0 radical (unpaired) electrons. The molecule has 0 aliphatic heterocycles. The molecular formula is C24H28N4O2. The molecule has 2 N–H and O–H groups in total. The molecule has 0 unspecified atom stereocenters. The van der Waals surface area contributed by atoms with Gasteiger partial charge >= 0.3 is 0 Å². The van der Waals surface area contributed by atoms with Crippen molar-refractivity contribution in [3.05, 3.63) is 71.6 Å². The van der Waals surface area contributed by atoms with Crippen molar-refractivity contribution < 1.29 is 9.15 Å². The van der Waals surface area contributed by atoms with Crippen LogP contribution in [0.3, 0.4) is 0 Å². The third-order valence-electron chi connectivity index (χ3n) is 5.07. The number of rotatable bonds is 8. The molecule has 0 atom stereocenters. The Labute approximate surface area is 177 Å². The summed E-state index contributed by atoms with van der Waals surface area (Å²) < 4.78 is 11.7. The molecule has 1 aliphatic rings. The molecule has 1 aliphatic carbocycles. The monoisotopic (exact) mass is 404 g/mol. The first-order chi connectivity index (χ1) is 14.7. The van der Waals surface area contributed by atoms with Gasteiger partial charge in [-0.15, -0.1) is 0 Å². The highest BCUT2D eigenvalue weighted by Crippen LogP contribution is 2.30. The van der Waals surface area contributed by atoms with Crippen LogP contribution < -0.4 is 15.4 Å². The molecule has 1 aromatic heterocycles. The van der Waals surface area contributed by atoms with Crippen LogP contribution in [0.5, 0.6) is 5.75 Å². The summed E-state index contributed by atoms with van der Waals surface area (Å²) in [5.74, 6) is 3.00. The summed E-state index contributed by atoms with van der Waals surface area (Å²) in [5, 5.41) is 6.65. The van der Waals surface area contributed by atoms with E-state index in [0.29, 0.717) is 24.9 Å². The van der Waals surface area contributed by atoms with Gasteiger partial charge in [-0.25, -0.2) is 4.98 Å². The standard InChI is InChI=1S/C24H28N4O2/c1-17-8-11-20(22(12-17)29-15-18-9-10-18)13-26-24(25-2)27-14-21-16-30-23(28-21)19-6-4-3-5-7-19/h3-8,11-12,16,18H,9-10,13-15H2,1-2H3,(H2,25,26,27). The minimum absolute atomic E-state index is 0.523. The van der Waals surface area contributed by atoms with Crippen LogP contribution in [-0.4, -0.2) is 24.6 Å². The van der Waals surface area contributed by atoms with Crippen LogP contribution >= 0.6 is 0 Å². The van der Waals surface area contributed by atoms with E-state index in [-0.39, 0.29) is 0 Å². The van der Waals surface area contributed by atoms with E-state index in [9.17, 15) is 0 Å². The number of aromatic nitrogens is 1. The Morgan fingerprint density at radius 2 is 1.93 bits per heavy atom. The van der Waals surface area contributed by atoms with Crippen molar-refractivity contribution >= 4 is 5.96 Å². The minimum atomic E-state index is 0.523. The number of guanidine groups is 1. The Hall–Kier alpha value is -3.28. The number of hydrogen-bond acceptors (Lipinski definition) is 4. The predicted molar refractivity (Wildman–Crippen MR) is 118 cm³/mol. The third-order valence-corrected chi connectivity index (χ3v) is 5.07. The van der Waals surface area contributed by atoms with Crippen molar-refractivity contribution in [3.63, 3.8) is 0 Å². The smallest absolute Gasteiger partial charge is 0.226 e. The summed E-state index contributed by atoms with van der Waals surface area (Å²) in [7, 11) is 1.76. The van der Waals surface area contributed by atoms with Crippen molar-refractivity contribution in [1.29, 1.82) is 0 Å². The van der Waals surface area contributed by atoms with Gasteiger partial charge < -0.3 is 19.8 Å². The Bertz CT molecular complexity index is 993. The number of aryl methyl sites for hydroxylation is 1. The second kappa shape index (κ2) is 9.48. The lowest BCUT2D eigenvalue weighted by Gasteiger charge is -2.15. The van der Waals surface area contributed by atoms with Crippen LogP contribution in [0, 0.1) is 12.8 Å². The van der Waals surface area contributed by atoms with Crippen molar-refractivity contribution in [2.45, 2.75) is 32.9 Å². The number of aliphatic imine (C=N–C) groups is 1. The normalized spacial score (nSPS) is 13.9. The fourth-order valence-corrected chi connectivity index (χ4v) is 3.11. The van der Waals surface area contributed by atoms with E-state index in [1.54, 1.807) is 13.3 Å². The van der Waals surface area contributed by atoms with E-state index in [4.69, 9.17) is 9.15 Å². The SMILES string of the molecule is CN=C(NCc1coc(-c2ccccc2)n1)NCc1ccc(C)cc1OCC1CC1. The van der Waals surface area contributed by atoms with Crippen molar-refractivity contribution in [1.82, 2.24) is 15.6 Å². The molecular weight excluding hydrogens is 376 g/mol. The van der Waals surface area contributed by atoms with Crippen molar-refractivity contribution in [2.75, 3.05) is 13.7 Å². The zero-order valence-corrected chi connectivity index (χ0v) is 17.5. The average molecular weight is 405 g/mol. The molecule has 6 heteroatoms. The molecule has 0 amide bonds. The first-order valence-electron chi connectivity index (χ1n) is 10.4. The topological polar surface area (TPSA) is 71.7 Å². The summed E-state index contributed by atoms with van der Waals surface area (Å²) in [5.41, 5.74) is 4.11. The Kier molecular flexibility index (Phi) is 6.32. The second-order valence-corrected chi connectivity index (χ2v) is 7.65. The molecule has 30 heavy (non-hydrogen) atoms. The van der Waals surface area contributed by atoms with Gasteiger partial charge in [0.2, 0.25) is 5.89 Å². The van der Waals surface area contributed by atoms with Crippen LogP contribution in [-0.2, 0) is 13.1 Å². The lowest BCUT2D eigenvalue weighted by Crippen LogP contribution is -2.36. The van der Waals surface area contributed by atoms with Gasteiger partial charge in [0.25, 0.3) is 0 Å². The Morgan fingerprint density at radius 3 is 2.70 bits per heavy atom. The molecule has 1 saturated carbocycles. The maximum absolute atomic E-state index is 6.06. The van der Waals surface area contributed by atoms with Gasteiger partial charge in [-0.1, -0.05) is 30.3 Å². The van der Waals surface area contributed by atoms with E-state index in [1.165, 1.54) is 18.4 Å². The van der Waals surface area contributed by atoms with Crippen molar-refractivity contribution in [2.24, 2.45) is 10.9 Å². The van der Waals surface area contributed by atoms with Gasteiger partial charge in [-0.3, -0.25) is 4.99 Å². The first-order valence-corrected chi connectivity index (χ1v) is 10.4. The molecule has 3 aromatic rings. The van der Waals surface area contributed by atoms with Gasteiger partial charge in [0.05, 0.1) is 18.8 Å². The van der Waals surface area contributed by atoms with Crippen LogP contribution in [0.1, 0.15) is 29.7 Å². The number of nitrogens with one attached hydrogen (secondary N) is 2. The average Bonchev–Trinajstić information content (AvgIpc) is 3.49. The molecule has 1 heterocycles. The lowest BCUT2D eigenvalue weighted by atomic mass is 10.1. The highest BCUT2D eigenvalue weighted by atomic mass is 16.5. The molecule has 6 nitrogen and oxygen atoms in total. The van der Waals surface area contributed by atoms with Crippen LogP contribution in [0.2, 0.25) is 0 Å². The fraction of sp³-hybridized carbons (Fsp3) is 0.333. The van der Waals surface area contributed by atoms with E-state index in [0.717, 1.165) is 35.1 Å². The third kappa shape index (κ3) is 5.41. The van der Waals surface area contributed by atoms with E-state index >= 15 is 0 Å². The molecule has 156 valence electrons. The molecule has 2 aromatic carbocycles. The van der Waals surface area contributed by atoms with Crippen LogP contribution in [0.4, 0.5) is 0 Å². The van der Waals surface area contributed by atoms with Crippen LogP contribution in [0.25, 0.3) is 11.5 Å². The largest absolute Gasteiger partial charge is 0.493 e. The molecule has 0 spiro atoms. The number of nitrogens with zero attached hydrogens (tertiary/aromatic N) is 2. The van der Waals surface area contributed by atoms with Crippen LogP contribution in [0.15, 0.2) is 64.2 Å². The van der Waals surface area contributed by atoms with Gasteiger partial charge in [0.15, 0.2) is 5.96 Å². The molecule has 0 bridgehead atoms. The van der Waals surface area contributed by atoms with Crippen molar-refractivity contribution in [3.8, 4) is 17.2 Å². The highest BCUT2D eigenvalue weighted by Gasteiger charge is 2.22. The van der Waals surface area contributed by atoms with Gasteiger partial charge in [0.1, 0.15) is 12.0 Å². The zero-order chi connectivity index (χ0) is 20.8. The second-order valence-electron chi connectivity index (χ2n) is 7.65. The number of hydrogen-bond donors (Lipinski definition) is 2. The predicted octanol–water partition coefficient (Wildman–Crippen LogP) is 4.30. The van der Waals surface area contributed by atoms with E-state index in [2.05, 4.69) is 45.7 Å². The lowest BCUT2D eigenvalue weighted by molar-refractivity contribution is 0.296. The summed E-state index contributed by atoms with van der Waals surface area (Å²) in [6, 6.07) is 16.2. The molecule has 4 rings (SSSR count). The molecule has 0 saturated heterocycles. The molecule has 1 fully saturated rings. The van der Waals surface area contributed by atoms with E-state index in [1.807, 2.05) is 30.3 Å². The number of benzene rings is 2. The van der Waals surface area contributed by atoms with Gasteiger partial charge in [-0.05, 0) is 49.4 Å². The summed E-state index contributed by atoms with van der Waals surface area (Å²) in [4.78, 5) is 8.85. The van der Waals surface area contributed by atoms with Gasteiger partial charge in [0, 0.05) is 24.7 Å².